The third-order valence-corrected chi connectivity index (χ3v) is 6.46. The number of aromatic nitrogens is 1. The van der Waals surface area contributed by atoms with Gasteiger partial charge in [-0.15, -0.1) is 0 Å². The van der Waals surface area contributed by atoms with E-state index in [4.69, 9.17) is 9.47 Å². The molecule has 182 valence electrons. The van der Waals surface area contributed by atoms with Gasteiger partial charge in [0.25, 0.3) is 11.7 Å². The molecule has 0 spiro atoms. The first kappa shape index (κ1) is 23.3. The lowest BCUT2D eigenvalue weighted by Crippen LogP contribution is -2.29. The first-order chi connectivity index (χ1) is 17.4. The normalized spacial score (nSPS) is 20.2. The van der Waals surface area contributed by atoms with E-state index in [9.17, 15) is 19.5 Å². The average molecular weight is 485 g/mol. The van der Waals surface area contributed by atoms with Gasteiger partial charge in [-0.05, 0) is 66.1 Å². The zero-order valence-electron chi connectivity index (χ0n) is 19.8. The molecule has 2 aliphatic rings. The van der Waals surface area contributed by atoms with Crippen molar-refractivity contribution in [2.24, 2.45) is 0 Å². The molecule has 0 radical (unpaired) electrons. The number of hydrogen-bond donors (Lipinski definition) is 1. The van der Waals surface area contributed by atoms with E-state index in [1.807, 2.05) is 6.92 Å². The summed E-state index contributed by atoms with van der Waals surface area (Å²) in [7, 11) is 1.29. The largest absolute Gasteiger partial charge is 0.507 e. The van der Waals surface area contributed by atoms with Gasteiger partial charge in [0, 0.05) is 30.9 Å². The molecule has 1 aromatic heterocycles. The number of nitrogens with zero attached hydrogens (tertiary/aromatic N) is 2. The van der Waals surface area contributed by atoms with Crippen LogP contribution < -0.4 is 4.74 Å². The van der Waals surface area contributed by atoms with Crippen LogP contribution in [0.25, 0.3) is 5.76 Å². The van der Waals surface area contributed by atoms with Gasteiger partial charge in [-0.2, -0.15) is 0 Å². The van der Waals surface area contributed by atoms with E-state index in [0.29, 0.717) is 23.1 Å². The number of fused-ring (bicyclic) bond motifs is 1. The second-order valence-corrected chi connectivity index (χ2v) is 8.85. The summed E-state index contributed by atoms with van der Waals surface area (Å²) in [6.07, 6.45) is 3.93. The zero-order valence-corrected chi connectivity index (χ0v) is 19.8. The second kappa shape index (κ2) is 9.30. The lowest BCUT2D eigenvalue weighted by Gasteiger charge is -2.25. The summed E-state index contributed by atoms with van der Waals surface area (Å²) < 4.78 is 10.5. The summed E-state index contributed by atoms with van der Waals surface area (Å²) in [5.41, 5.74) is 3.05. The molecular formula is C28H24N2O6. The maximum absolute atomic E-state index is 13.3. The summed E-state index contributed by atoms with van der Waals surface area (Å²) >= 11 is 0. The molecule has 3 heterocycles. The molecule has 1 amide bonds. The van der Waals surface area contributed by atoms with Gasteiger partial charge in [0.05, 0.1) is 24.3 Å². The first-order valence-corrected chi connectivity index (χ1v) is 11.5. The number of methoxy groups -OCH3 is 1. The quantitative estimate of drug-likeness (QED) is 0.254. The molecule has 8 nitrogen and oxygen atoms in total. The smallest absolute Gasteiger partial charge is 0.337 e. The number of aliphatic hydroxyl groups excluding tert-OH is 1. The minimum absolute atomic E-state index is 0.00760. The standard InChI is InChI=1S/C28H24N2O6/c1-16-13-21-14-20(7-8-22(21)36-16)25(31)23-24(18-3-5-19(6-4-18)28(34)35-2)30(27(33)26(23)32)15-17-9-11-29-12-10-17/h3-12,14,16,24,31H,13,15H2,1-2H3/t16-,24-/m1/s1. The summed E-state index contributed by atoms with van der Waals surface area (Å²) in [6, 6.07) is 14.4. The number of Topliss-reactive ketones (excluding diaryl/α,β-unsaturated/α-hetero) is 1. The van der Waals surface area contributed by atoms with Crippen LogP contribution in [0.4, 0.5) is 0 Å². The number of hydrogen-bond acceptors (Lipinski definition) is 7. The van der Waals surface area contributed by atoms with Crippen molar-refractivity contribution in [1.29, 1.82) is 0 Å². The lowest BCUT2D eigenvalue weighted by atomic mass is 9.94. The summed E-state index contributed by atoms with van der Waals surface area (Å²) in [5, 5.41) is 11.4. The molecule has 5 rings (SSSR count). The Labute approximate surface area is 207 Å². The number of carbonyl (C=O) groups is 3. The van der Waals surface area contributed by atoms with Crippen LogP contribution in [-0.4, -0.2) is 45.9 Å². The van der Waals surface area contributed by atoms with Crippen LogP contribution in [0.1, 0.15) is 45.6 Å². The molecule has 36 heavy (non-hydrogen) atoms. The van der Waals surface area contributed by atoms with Crippen molar-refractivity contribution in [3.63, 3.8) is 0 Å². The van der Waals surface area contributed by atoms with Crippen LogP contribution in [0, 0.1) is 0 Å². The minimum atomic E-state index is -0.853. The molecule has 0 aliphatic carbocycles. The van der Waals surface area contributed by atoms with Crippen LogP contribution >= 0.6 is 0 Å². The zero-order chi connectivity index (χ0) is 25.4. The predicted molar refractivity (Wildman–Crippen MR) is 130 cm³/mol. The fourth-order valence-corrected chi connectivity index (χ4v) is 4.72. The highest BCUT2D eigenvalue weighted by Crippen LogP contribution is 2.41. The lowest BCUT2D eigenvalue weighted by molar-refractivity contribution is -0.140. The predicted octanol–water partition coefficient (Wildman–Crippen LogP) is 3.81. The third kappa shape index (κ3) is 4.11. The number of amides is 1. The van der Waals surface area contributed by atoms with Crippen LogP contribution in [0.2, 0.25) is 0 Å². The van der Waals surface area contributed by atoms with Crippen LogP contribution in [0.3, 0.4) is 0 Å². The number of pyridine rings is 1. The molecule has 0 unspecified atom stereocenters. The van der Waals surface area contributed by atoms with Crippen molar-refractivity contribution >= 4 is 23.4 Å². The summed E-state index contributed by atoms with van der Waals surface area (Å²) in [4.78, 5) is 43.9. The van der Waals surface area contributed by atoms with Gasteiger partial charge in [0.15, 0.2) is 0 Å². The van der Waals surface area contributed by atoms with E-state index in [1.54, 1.807) is 67.0 Å². The maximum atomic E-state index is 13.3. The van der Waals surface area contributed by atoms with Gasteiger partial charge in [-0.1, -0.05) is 12.1 Å². The molecule has 3 aromatic rings. The van der Waals surface area contributed by atoms with Crippen molar-refractivity contribution in [3.05, 3.63) is 100 Å². The number of ketones is 1. The van der Waals surface area contributed by atoms with Gasteiger partial charge >= 0.3 is 5.97 Å². The number of rotatable bonds is 5. The molecule has 0 saturated carbocycles. The van der Waals surface area contributed by atoms with Crippen molar-refractivity contribution in [3.8, 4) is 5.75 Å². The molecule has 2 atom stereocenters. The molecular weight excluding hydrogens is 460 g/mol. The monoisotopic (exact) mass is 484 g/mol. The van der Waals surface area contributed by atoms with Crippen molar-refractivity contribution < 1.29 is 29.0 Å². The Kier molecular flexibility index (Phi) is 6.01. The van der Waals surface area contributed by atoms with Crippen molar-refractivity contribution in [1.82, 2.24) is 9.88 Å². The highest BCUT2D eigenvalue weighted by Gasteiger charge is 2.46. The highest BCUT2D eigenvalue weighted by molar-refractivity contribution is 6.46. The summed E-state index contributed by atoms with van der Waals surface area (Å²) in [5.74, 6) is -1.49. The number of carbonyl (C=O) groups excluding carboxylic acids is 3. The molecule has 2 aliphatic heterocycles. The van der Waals surface area contributed by atoms with E-state index >= 15 is 0 Å². The van der Waals surface area contributed by atoms with E-state index < -0.39 is 23.7 Å². The van der Waals surface area contributed by atoms with Gasteiger partial charge in [-0.25, -0.2) is 4.79 Å². The van der Waals surface area contributed by atoms with Gasteiger partial charge in [0.1, 0.15) is 17.6 Å². The number of ether oxygens (including phenoxy) is 2. The Bertz CT molecular complexity index is 1380. The Morgan fingerprint density at radius 1 is 1.08 bits per heavy atom. The van der Waals surface area contributed by atoms with Crippen LogP contribution in [0.15, 0.2) is 72.6 Å². The fourth-order valence-electron chi connectivity index (χ4n) is 4.72. The second-order valence-electron chi connectivity index (χ2n) is 8.85. The van der Waals surface area contributed by atoms with Crippen LogP contribution in [-0.2, 0) is 27.3 Å². The van der Waals surface area contributed by atoms with E-state index in [0.717, 1.165) is 16.9 Å². The maximum Gasteiger partial charge on any atom is 0.337 e. The number of benzene rings is 2. The van der Waals surface area contributed by atoms with E-state index in [1.165, 1.54) is 12.0 Å². The molecule has 8 heteroatoms. The van der Waals surface area contributed by atoms with Crippen LogP contribution in [0.5, 0.6) is 5.75 Å². The molecule has 1 N–H and O–H groups in total. The first-order valence-electron chi connectivity index (χ1n) is 11.5. The summed E-state index contributed by atoms with van der Waals surface area (Å²) in [6.45, 7) is 2.10. The molecule has 1 fully saturated rings. The molecule has 2 aromatic carbocycles. The van der Waals surface area contributed by atoms with E-state index in [2.05, 4.69) is 4.98 Å². The SMILES string of the molecule is COC(=O)c1ccc([C@@H]2C(=C(O)c3ccc4c(c3)C[C@@H](C)O4)C(=O)C(=O)N2Cc2ccncc2)cc1. The Morgan fingerprint density at radius 2 is 1.78 bits per heavy atom. The van der Waals surface area contributed by atoms with Crippen molar-refractivity contribution in [2.45, 2.75) is 32.0 Å². The average Bonchev–Trinajstić information content (AvgIpc) is 3.39. The third-order valence-electron chi connectivity index (χ3n) is 6.46. The van der Waals surface area contributed by atoms with Gasteiger partial charge in [0.2, 0.25) is 0 Å². The number of likely N-dealkylation sites (tertiary alicyclic amines) is 1. The van der Waals surface area contributed by atoms with E-state index in [-0.39, 0.29) is 24.0 Å². The number of aliphatic hydroxyl groups is 1. The minimum Gasteiger partial charge on any atom is -0.507 e. The van der Waals surface area contributed by atoms with Gasteiger partial charge in [-0.3, -0.25) is 14.6 Å². The fraction of sp³-hybridized carbons (Fsp3) is 0.214. The molecule has 0 bridgehead atoms. The Hall–Kier alpha value is -4.46. The highest BCUT2D eigenvalue weighted by atomic mass is 16.5. The van der Waals surface area contributed by atoms with Crippen molar-refractivity contribution in [2.75, 3.05) is 7.11 Å². The topological polar surface area (TPSA) is 106 Å². The Morgan fingerprint density at radius 3 is 2.47 bits per heavy atom. The number of esters is 1. The Balaban J connectivity index is 1.62. The molecule has 1 saturated heterocycles. The van der Waals surface area contributed by atoms with Gasteiger partial charge < -0.3 is 19.5 Å².